The van der Waals surface area contributed by atoms with Crippen LogP contribution in [0.2, 0.25) is 0 Å². The maximum Gasteiger partial charge on any atom is 0.136 e. The standard InChI is InChI=1S/C17H19NO/c1-3-13-8-9-18-16(13)10-15(19)11-17(18)14-6-4-12(2)5-7-14/h4-7,16-17H,1,8-11H2,2H3/t16-,17-/m1/s1. The zero-order valence-electron chi connectivity index (χ0n) is 11.4. The Bertz CT molecular complexity index is 551. The topological polar surface area (TPSA) is 20.3 Å². The van der Waals surface area contributed by atoms with Crippen LogP contribution in [-0.2, 0) is 4.79 Å². The molecule has 2 saturated heterocycles. The Kier molecular flexibility index (Phi) is 3.14. The minimum atomic E-state index is 0.234. The number of carbonyl (C=O) groups is 1. The third-order valence-electron chi connectivity index (χ3n) is 4.37. The van der Waals surface area contributed by atoms with Crippen molar-refractivity contribution in [3.63, 3.8) is 0 Å². The van der Waals surface area contributed by atoms with Crippen LogP contribution in [0.15, 0.2) is 42.1 Å². The lowest BCUT2D eigenvalue weighted by Crippen LogP contribution is -2.41. The molecule has 3 rings (SSSR count). The van der Waals surface area contributed by atoms with Crippen LogP contribution in [0.5, 0.6) is 0 Å². The molecule has 0 N–H and O–H groups in total. The maximum atomic E-state index is 12.0. The molecule has 19 heavy (non-hydrogen) atoms. The molecule has 0 radical (unpaired) electrons. The molecule has 2 atom stereocenters. The van der Waals surface area contributed by atoms with Gasteiger partial charge < -0.3 is 0 Å². The van der Waals surface area contributed by atoms with Crippen molar-refractivity contribution in [1.82, 2.24) is 4.90 Å². The van der Waals surface area contributed by atoms with E-state index in [1.54, 1.807) is 0 Å². The van der Waals surface area contributed by atoms with Crippen molar-refractivity contribution in [1.29, 1.82) is 0 Å². The molecule has 2 heteroatoms. The molecule has 0 bridgehead atoms. The number of ketones is 1. The largest absolute Gasteiger partial charge is 0.300 e. The highest BCUT2D eigenvalue weighted by Gasteiger charge is 2.40. The minimum Gasteiger partial charge on any atom is -0.300 e. The summed E-state index contributed by atoms with van der Waals surface area (Å²) in [5.41, 5.74) is 6.77. The van der Waals surface area contributed by atoms with Crippen LogP contribution in [0.3, 0.4) is 0 Å². The lowest BCUT2D eigenvalue weighted by molar-refractivity contribution is -0.124. The molecule has 0 saturated carbocycles. The van der Waals surface area contributed by atoms with Crippen LogP contribution in [0, 0.1) is 6.92 Å². The first kappa shape index (κ1) is 12.4. The second-order valence-corrected chi connectivity index (χ2v) is 5.58. The molecule has 2 heterocycles. The molecule has 0 aliphatic carbocycles. The molecule has 2 aliphatic heterocycles. The van der Waals surface area contributed by atoms with E-state index in [-0.39, 0.29) is 12.1 Å². The maximum absolute atomic E-state index is 12.0. The van der Waals surface area contributed by atoms with Crippen molar-refractivity contribution >= 4 is 5.78 Å². The Labute approximate surface area is 114 Å². The van der Waals surface area contributed by atoms with Gasteiger partial charge in [-0.05, 0) is 24.5 Å². The fraction of sp³-hybridized carbons (Fsp3) is 0.412. The van der Waals surface area contributed by atoms with E-state index in [4.69, 9.17) is 0 Å². The van der Waals surface area contributed by atoms with Gasteiger partial charge in [0.2, 0.25) is 0 Å². The zero-order chi connectivity index (χ0) is 13.4. The number of aryl methyl sites for hydroxylation is 1. The van der Waals surface area contributed by atoms with Gasteiger partial charge in [-0.3, -0.25) is 9.69 Å². The van der Waals surface area contributed by atoms with Crippen LogP contribution in [0.4, 0.5) is 0 Å². The number of benzene rings is 1. The summed E-state index contributed by atoms with van der Waals surface area (Å²) in [6.45, 7) is 6.88. The van der Waals surface area contributed by atoms with Gasteiger partial charge in [0, 0.05) is 31.5 Å². The van der Waals surface area contributed by atoms with E-state index < -0.39 is 0 Å². The molecule has 2 aliphatic rings. The van der Waals surface area contributed by atoms with Crippen molar-refractivity contribution in [2.24, 2.45) is 0 Å². The summed E-state index contributed by atoms with van der Waals surface area (Å²) >= 11 is 0. The average Bonchev–Trinajstić information content (AvgIpc) is 2.81. The van der Waals surface area contributed by atoms with Gasteiger partial charge >= 0.3 is 0 Å². The number of hydrogen-bond acceptors (Lipinski definition) is 2. The molecule has 2 fully saturated rings. The van der Waals surface area contributed by atoms with Gasteiger partial charge in [-0.1, -0.05) is 36.4 Å². The molecule has 98 valence electrons. The van der Waals surface area contributed by atoms with Gasteiger partial charge in [0.05, 0.1) is 0 Å². The molecule has 1 aromatic rings. The number of piperidine rings is 1. The monoisotopic (exact) mass is 253 g/mol. The first-order valence-electron chi connectivity index (χ1n) is 6.92. The molecule has 2 nitrogen and oxygen atoms in total. The molecule has 1 aromatic carbocycles. The fourth-order valence-corrected chi connectivity index (χ4v) is 3.32. The molecule has 0 amide bonds. The van der Waals surface area contributed by atoms with Crippen LogP contribution in [-0.4, -0.2) is 23.3 Å². The van der Waals surface area contributed by atoms with Gasteiger partial charge in [-0.15, -0.1) is 5.73 Å². The molecule has 0 unspecified atom stereocenters. The van der Waals surface area contributed by atoms with E-state index in [2.05, 4.69) is 48.4 Å². The summed E-state index contributed by atoms with van der Waals surface area (Å²) in [6.07, 6.45) is 2.29. The van der Waals surface area contributed by atoms with E-state index >= 15 is 0 Å². The van der Waals surface area contributed by atoms with Crippen molar-refractivity contribution < 1.29 is 4.79 Å². The van der Waals surface area contributed by atoms with Crippen LogP contribution in [0.25, 0.3) is 0 Å². The highest BCUT2D eigenvalue weighted by Crippen LogP contribution is 2.39. The third-order valence-corrected chi connectivity index (χ3v) is 4.37. The first-order chi connectivity index (χ1) is 9.19. The summed E-state index contributed by atoms with van der Waals surface area (Å²) in [4.78, 5) is 14.5. The number of rotatable bonds is 1. The van der Waals surface area contributed by atoms with Gasteiger partial charge in [0.25, 0.3) is 0 Å². The van der Waals surface area contributed by atoms with Crippen LogP contribution >= 0.6 is 0 Å². The fourth-order valence-electron chi connectivity index (χ4n) is 3.32. The highest BCUT2D eigenvalue weighted by atomic mass is 16.1. The summed E-state index contributed by atoms with van der Waals surface area (Å²) in [7, 11) is 0. The number of fused-ring (bicyclic) bond motifs is 1. The highest BCUT2D eigenvalue weighted by molar-refractivity contribution is 5.81. The van der Waals surface area contributed by atoms with E-state index in [0.717, 1.165) is 13.0 Å². The Morgan fingerprint density at radius 2 is 1.89 bits per heavy atom. The van der Waals surface area contributed by atoms with Crippen LogP contribution in [0.1, 0.15) is 36.4 Å². The molecule has 0 aromatic heterocycles. The lowest BCUT2D eigenvalue weighted by Gasteiger charge is -2.37. The Hall–Kier alpha value is -1.63. The second-order valence-electron chi connectivity index (χ2n) is 5.58. The van der Waals surface area contributed by atoms with Gasteiger partial charge in [-0.25, -0.2) is 0 Å². The third kappa shape index (κ3) is 2.18. The van der Waals surface area contributed by atoms with E-state index in [1.807, 2.05) is 0 Å². The zero-order valence-corrected chi connectivity index (χ0v) is 11.4. The number of nitrogens with zero attached hydrogens (tertiary/aromatic N) is 1. The summed E-state index contributed by atoms with van der Waals surface area (Å²) < 4.78 is 0. The van der Waals surface area contributed by atoms with Crippen molar-refractivity contribution in [3.05, 3.63) is 53.3 Å². The SMILES string of the molecule is C=C=C1CCN2[C@@H]1CC(=O)C[C@@H]2c1ccc(C)cc1. The average molecular weight is 253 g/mol. The predicted molar refractivity (Wildman–Crippen MR) is 75.9 cm³/mol. The van der Waals surface area contributed by atoms with Crippen molar-refractivity contribution in [2.45, 2.75) is 38.3 Å². The summed E-state index contributed by atoms with van der Waals surface area (Å²) in [6, 6.07) is 9.05. The summed E-state index contributed by atoms with van der Waals surface area (Å²) in [5, 5.41) is 0. The van der Waals surface area contributed by atoms with Gasteiger partial charge in [0.15, 0.2) is 0 Å². The number of hydrogen-bond donors (Lipinski definition) is 0. The van der Waals surface area contributed by atoms with E-state index in [0.29, 0.717) is 18.6 Å². The van der Waals surface area contributed by atoms with Gasteiger partial charge in [-0.2, -0.15) is 0 Å². The van der Waals surface area contributed by atoms with Crippen molar-refractivity contribution in [3.8, 4) is 0 Å². The Balaban J connectivity index is 1.94. The second kappa shape index (κ2) is 4.80. The molecular formula is C17H19NO. The normalized spacial score (nSPS) is 27.2. The Morgan fingerprint density at radius 1 is 1.21 bits per heavy atom. The smallest absolute Gasteiger partial charge is 0.136 e. The number of carbonyl (C=O) groups excluding carboxylic acids is 1. The van der Waals surface area contributed by atoms with Crippen molar-refractivity contribution in [2.75, 3.05) is 6.54 Å². The summed E-state index contributed by atoms with van der Waals surface area (Å²) in [5.74, 6) is 0.362. The first-order valence-corrected chi connectivity index (χ1v) is 6.92. The number of Topliss-reactive ketones (excluding diaryl/α,β-unsaturated/α-hetero) is 1. The Morgan fingerprint density at radius 3 is 2.58 bits per heavy atom. The van der Waals surface area contributed by atoms with E-state index in [9.17, 15) is 4.79 Å². The quantitative estimate of drug-likeness (QED) is 0.716. The van der Waals surface area contributed by atoms with Crippen LogP contribution < -0.4 is 0 Å². The minimum absolute atomic E-state index is 0.234. The van der Waals surface area contributed by atoms with E-state index in [1.165, 1.54) is 16.7 Å². The molecule has 0 spiro atoms. The molecular weight excluding hydrogens is 234 g/mol. The predicted octanol–water partition coefficient (Wildman–Crippen LogP) is 3.18. The van der Waals surface area contributed by atoms with Gasteiger partial charge in [0.1, 0.15) is 5.78 Å². The lowest BCUT2D eigenvalue weighted by atomic mass is 9.89.